The van der Waals surface area contributed by atoms with E-state index in [2.05, 4.69) is 78.4 Å². The third kappa shape index (κ3) is 6.98. The predicted octanol–water partition coefficient (Wildman–Crippen LogP) is 7.68. The standard InChI is InChI=1S/C39H44FN7O2Si/c1-26(2)42-39(48)32-24-46(25-49-18-19-50(3,4)5)38-36(32)43-33(21-41-38)35-31-17-16-29(40)20-34(31)47(44-35)30-22-45(23-30)37(27-12-8-6-9-13-27)28-14-10-7-11-15-28/h6-17,20-21,24,26,30,37H,18-19,22-23,25H2,1-5H3,(H,42,48). The zero-order chi connectivity index (χ0) is 35.0. The van der Waals surface area contributed by atoms with Crippen LogP contribution in [0.4, 0.5) is 4.39 Å². The number of ether oxygens (including phenoxy) is 1. The maximum atomic E-state index is 14.8. The van der Waals surface area contributed by atoms with Crippen molar-refractivity contribution in [2.24, 2.45) is 0 Å². The van der Waals surface area contributed by atoms with Crippen LogP contribution < -0.4 is 5.32 Å². The first-order valence-electron chi connectivity index (χ1n) is 17.3. The van der Waals surface area contributed by atoms with E-state index in [4.69, 9.17) is 19.8 Å². The van der Waals surface area contributed by atoms with Crippen molar-refractivity contribution in [1.29, 1.82) is 0 Å². The van der Waals surface area contributed by atoms with E-state index < -0.39 is 8.07 Å². The first-order chi connectivity index (χ1) is 24.1. The zero-order valence-corrected chi connectivity index (χ0v) is 30.3. The number of fused-ring (bicyclic) bond motifs is 2. The van der Waals surface area contributed by atoms with Crippen LogP contribution in [0, 0.1) is 5.82 Å². The molecule has 7 rings (SSSR count). The van der Waals surface area contributed by atoms with E-state index in [9.17, 15) is 9.18 Å². The van der Waals surface area contributed by atoms with Crippen LogP contribution in [-0.4, -0.2) is 68.9 Å². The smallest absolute Gasteiger partial charge is 0.255 e. The van der Waals surface area contributed by atoms with Gasteiger partial charge in [0.15, 0.2) is 5.65 Å². The van der Waals surface area contributed by atoms with Crippen molar-refractivity contribution < 1.29 is 13.9 Å². The summed E-state index contributed by atoms with van der Waals surface area (Å²) in [6.45, 7) is 13.2. The van der Waals surface area contributed by atoms with Gasteiger partial charge in [-0.05, 0) is 49.2 Å². The van der Waals surface area contributed by atoms with Crippen LogP contribution >= 0.6 is 0 Å². The third-order valence-electron chi connectivity index (χ3n) is 9.20. The minimum atomic E-state index is -1.26. The molecule has 4 heterocycles. The van der Waals surface area contributed by atoms with Gasteiger partial charge in [0.1, 0.15) is 29.5 Å². The van der Waals surface area contributed by atoms with Gasteiger partial charge in [-0.15, -0.1) is 0 Å². The summed E-state index contributed by atoms with van der Waals surface area (Å²) in [5, 5.41) is 8.85. The number of carbonyl (C=O) groups is 1. The summed E-state index contributed by atoms with van der Waals surface area (Å²) in [5.41, 5.74) is 5.74. The number of halogens is 1. The average molecular weight is 690 g/mol. The van der Waals surface area contributed by atoms with Crippen LogP contribution in [0.25, 0.3) is 33.5 Å². The van der Waals surface area contributed by atoms with Gasteiger partial charge in [-0.25, -0.2) is 14.4 Å². The molecule has 9 nitrogen and oxygen atoms in total. The van der Waals surface area contributed by atoms with Crippen LogP contribution in [0.3, 0.4) is 0 Å². The highest BCUT2D eigenvalue weighted by Crippen LogP contribution is 2.38. The van der Waals surface area contributed by atoms with Crippen molar-refractivity contribution >= 4 is 36.0 Å². The summed E-state index contributed by atoms with van der Waals surface area (Å²) in [4.78, 5) is 25.6. The maximum absolute atomic E-state index is 14.8. The van der Waals surface area contributed by atoms with Crippen LogP contribution in [0.15, 0.2) is 91.3 Å². The van der Waals surface area contributed by atoms with Crippen LogP contribution in [0.2, 0.25) is 25.7 Å². The largest absolute Gasteiger partial charge is 0.361 e. The Balaban J connectivity index is 1.22. The molecule has 0 aliphatic carbocycles. The van der Waals surface area contributed by atoms with Crippen molar-refractivity contribution in [2.45, 2.75) is 64.4 Å². The lowest BCUT2D eigenvalue weighted by atomic mass is 9.93. The molecule has 1 aliphatic heterocycles. The van der Waals surface area contributed by atoms with Crippen LogP contribution in [0.1, 0.15) is 47.4 Å². The van der Waals surface area contributed by atoms with Gasteiger partial charge < -0.3 is 14.6 Å². The molecule has 0 radical (unpaired) electrons. The second-order valence-electron chi connectivity index (χ2n) is 14.7. The monoisotopic (exact) mass is 689 g/mol. The molecular formula is C39H44FN7O2Si. The zero-order valence-electron chi connectivity index (χ0n) is 29.3. The van der Waals surface area contributed by atoms with Gasteiger partial charge >= 0.3 is 0 Å². The molecule has 3 aromatic heterocycles. The molecule has 0 spiro atoms. The number of nitrogens with one attached hydrogen (secondary N) is 1. The number of rotatable bonds is 12. The lowest BCUT2D eigenvalue weighted by molar-refractivity contribution is 0.0708. The van der Waals surface area contributed by atoms with Crippen molar-refractivity contribution in [2.75, 3.05) is 19.7 Å². The van der Waals surface area contributed by atoms with Gasteiger partial charge in [0.05, 0.1) is 29.4 Å². The van der Waals surface area contributed by atoms with E-state index in [0.29, 0.717) is 40.2 Å². The van der Waals surface area contributed by atoms with Gasteiger partial charge in [0.2, 0.25) is 0 Å². The molecule has 1 aliphatic rings. The summed E-state index contributed by atoms with van der Waals surface area (Å²) >= 11 is 0. The summed E-state index contributed by atoms with van der Waals surface area (Å²) in [6.07, 6.45) is 3.46. The Morgan fingerprint density at radius 3 is 2.32 bits per heavy atom. The highest BCUT2D eigenvalue weighted by Gasteiger charge is 2.37. The Kier molecular flexibility index (Phi) is 9.38. The Hall–Kier alpha value is -4.71. The van der Waals surface area contributed by atoms with E-state index in [1.165, 1.54) is 17.2 Å². The number of benzene rings is 3. The second kappa shape index (κ2) is 13.9. The molecule has 50 heavy (non-hydrogen) atoms. The summed E-state index contributed by atoms with van der Waals surface area (Å²) in [6, 6.07) is 26.9. The average Bonchev–Trinajstić information content (AvgIpc) is 3.62. The number of hydrogen-bond acceptors (Lipinski definition) is 6. The van der Waals surface area contributed by atoms with Crippen LogP contribution in [0.5, 0.6) is 0 Å². The van der Waals surface area contributed by atoms with Crippen molar-refractivity contribution in [1.82, 2.24) is 34.5 Å². The Labute approximate surface area is 293 Å². The second-order valence-corrected chi connectivity index (χ2v) is 20.3. The summed E-state index contributed by atoms with van der Waals surface area (Å²) < 4.78 is 24.6. The fourth-order valence-corrected chi connectivity index (χ4v) is 7.38. The number of carbonyl (C=O) groups excluding carboxylic acids is 1. The van der Waals surface area contributed by atoms with E-state index in [0.717, 1.165) is 24.5 Å². The molecule has 6 aromatic rings. The number of likely N-dealkylation sites (tertiary alicyclic amines) is 1. The van der Waals surface area contributed by atoms with Gasteiger partial charge in [-0.1, -0.05) is 80.3 Å². The lowest BCUT2D eigenvalue weighted by Gasteiger charge is -2.45. The third-order valence-corrected chi connectivity index (χ3v) is 10.9. The van der Waals surface area contributed by atoms with Crippen LogP contribution in [-0.2, 0) is 11.5 Å². The van der Waals surface area contributed by atoms with Gasteiger partial charge in [-0.2, -0.15) is 5.10 Å². The lowest BCUT2D eigenvalue weighted by Crippen LogP contribution is -2.49. The summed E-state index contributed by atoms with van der Waals surface area (Å²) in [5.74, 6) is -0.552. The Morgan fingerprint density at radius 1 is 1.00 bits per heavy atom. The fraction of sp³-hybridized carbons (Fsp3) is 0.333. The number of hydrogen-bond donors (Lipinski definition) is 1. The van der Waals surface area contributed by atoms with Crippen molar-refractivity contribution in [3.8, 4) is 11.4 Å². The molecule has 1 saturated heterocycles. The fourth-order valence-electron chi connectivity index (χ4n) is 6.63. The Bertz CT molecular complexity index is 2080. The number of aromatic nitrogens is 5. The highest BCUT2D eigenvalue weighted by molar-refractivity contribution is 6.76. The molecule has 3 aromatic carbocycles. The predicted molar refractivity (Wildman–Crippen MR) is 198 cm³/mol. The van der Waals surface area contributed by atoms with E-state index in [1.807, 2.05) is 35.2 Å². The SMILES string of the molecule is CC(C)NC(=O)c1cn(COCC[Si](C)(C)C)c2ncc(-c3nn(C4CN(C(c5ccccc5)c5ccccc5)C4)c4cc(F)ccc34)nc12. The number of nitrogens with zero attached hydrogens (tertiary/aromatic N) is 6. The number of amides is 1. The molecule has 1 fully saturated rings. The molecule has 1 amide bonds. The van der Waals surface area contributed by atoms with Crippen molar-refractivity contribution in [3.63, 3.8) is 0 Å². The van der Waals surface area contributed by atoms with E-state index in [1.54, 1.807) is 24.5 Å². The molecule has 258 valence electrons. The molecule has 0 unspecified atom stereocenters. The van der Waals surface area contributed by atoms with Crippen molar-refractivity contribution in [3.05, 3.63) is 114 Å². The van der Waals surface area contributed by atoms with Gasteiger partial charge in [-0.3, -0.25) is 14.4 Å². The molecule has 1 N–H and O–H groups in total. The Morgan fingerprint density at radius 2 is 1.68 bits per heavy atom. The molecule has 11 heteroatoms. The highest BCUT2D eigenvalue weighted by atomic mass is 28.3. The molecule has 0 saturated carbocycles. The first kappa shape index (κ1) is 33.8. The minimum absolute atomic E-state index is 0.0291. The first-order valence-corrected chi connectivity index (χ1v) is 21.0. The summed E-state index contributed by atoms with van der Waals surface area (Å²) in [7, 11) is -1.26. The molecular weight excluding hydrogens is 646 g/mol. The van der Waals surface area contributed by atoms with Gasteiger partial charge in [0.25, 0.3) is 5.91 Å². The van der Waals surface area contributed by atoms with Gasteiger partial charge in [0, 0.05) is 45.4 Å². The quantitative estimate of drug-likeness (QED) is 0.105. The van der Waals surface area contributed by atoms with E-state index in [-0.39, 0.29) is 36.6 Å². The topological polar surface area (TPSA) is 90.1 Å². The normalized spacial score (nSPS) is 14.2. The maximum Gasteiger partial charge on any atom is 0.255 e. The van der Waals surface area contributed by atoms with E-state index >= 15 is 0 Å². The minimum Gasteiger partial charge on any atom is -0.361 e. The molecule has 0 atom stereocenters. The molecule has 0 bridgehead atoms.